The van der Waals surface area contributed by atoms with Crippen molar-refractivity contribution in [1.82, 2.24) is 10.2 Å². The van der Waals surface area contributed by atoms with Gasteiger partial charge in [-0.15, -0.1) is 0 Å². The predicted molar refractivity (Wildman–Crippen MR) is 109 cm³/mol. The zero-order chi connectivity index (χ0) is 18.9. The molecule has 1 saturated carbocycles. The lowest BCUT2D eigenvalue weighted by molar-refractivity contribution is -0.156. The first-order chi connectivity index (χ1) is 11.9. The summed E-state index contributed by atoms with van der Waals surface area (Å²) >= 11 is 0. The number of aldehydes is 1. The van der Waals surface area contributed by atoms with Gasteiger partial charge in [-0.2, -0.15) is 0 Å². The number of nitrogens with zero attached hydrogens (tertiary/aromatic N) is 1. The highest BCUT2D eigenvalue weighted by molar-refractivity contribution is 5.59. The van der Waals surface area contributed by atoms with Crippen molar-refractivity contribution in [3.05, 3.63) is 12.3 Å². The fraction of sp³-hybridized carbons (Fsp3) is 0.864. The van der Waals surface area contributed by atoms with Crippen molar-refractivity contribution in [3.8, 4) is 0 Å². The summed E-state index contributed by atoms with van der Waals surface area (Å²) in [5.74, 6) is 0.207. The molecule has 0 heterocycles. The van der Waals surface area contributed by atoms with E-state index in [0.717, 1.165) is 38.0 Å². The lowest BCUT2D eigenvalue weighted by Gasteiger charge is -2.64. The molecule has 1 N–H and O–H groups in total. The van der Waals surface area contributed by atoms with E-state index in [1.54, 1.807) is 0 Å². The van der Waals surface area contributed by atoms with Crippen LogP contribution in [0.25, 0.3) is 0 Å². The Balaban J connectivity index is 2.26. The molecule has 0 aromatic heterocycles. The summed E-state index contributed by atoms with van der Waals surface area (Å²) < 4.78 is 0. The molecule has 25 heavy (non-hydrogen) atoms. The first-order valence-electron chi connectivity index (χ1n) is 10.4. The van der Waals surface area contributed by atoms with Gasteiger partial charge in [0.05, 0.1) is 0 Å². The van der Waals surface area contributed by atoms with Crippen LogP contribution in [-0.2, 0) is 4.79 Å². The van der Waals surface area contributed by atoms with Crippen molar-refractivity contribution < 1.29 is 4.79 Å². The summed E-state index contributed by atoms with van der Waals surface area (Å²) in [4.78, 5) is 13.8. The van der Waals surface area contributed by atoms with Crippen LogP contribution < -0.4 is 5.32 Å². The van der Waals surface area contributed by atoms with Gasteiger partial charge in [0.25, 0.3) is 0 Å². The molecule has 3 atom stereocenters. The van der Waals surface area contributed by atoms with E-state index in [2.05, 4.69) is 51.5 Å². The first kappa shape index (κ1) is 22.2. The van der Waals surface area contributed by atoms with Gasteiger partial charge in [-0.3, -0.25) is 4.90 Å². The number of unbranched alkanes of at least 4 members (excludes halogenated alkanes) is 5. The molecule has 0 saturated heterocycles. The second-order valence-corrected chi connectivity index (χ2v) is 8.46. The van der Waals surface area contributed by atoms with Crippen molar-refractivity contribution >= 4 is 6.29 Å². The lowest BCUT2D eigenvalue weighted by Crippen LogP contribution is -2.68. The maximum Gasteiger partial charge on any atom is 0.123 e. The SMILES string of the molecule is C=C(CCN(C)C1(C)CC(C=O)C1(C)CC)NCCCCCCCC. The van der Waals surface area contributed by atoms with Gasteiger partial charge in [0, 0.05) is 30.2 Å². The molecule has 1 rings (SSSR count). The molecule has 0 amide bonds. The Labute approximate surface area is 156 Å². The Morgan fingerprint density at radius 2 is 1.84 bits per heavy atom. The van der Waals surface area contributed by atoms with Crippen LogP contribution in [-0.4, -0.2) is 36.9 Å². The Kier molecular flexibility index (Phi) is 9.20. The highest BCUT2D eigenvalue weighted by Crippen LogP contribution is 2.58. The van der Waals surface area contributed by atoms with Gasteiger partial charge in [0.15, 0.2) is 0 Å². The van der Waals surface area contributed by atoms with Crippen molar-refractivity contribution in [2.75, 3.05) is 20.1 Å². The molecule has 0 aromatic carbocycles. The van der Waals surface area contributed by atoms with E-state index in [0.29, 0.717) is 0 Å². The third-order valence-corrected chi connectivity index (χ3v) is 7.06. The van der Waals surface area contributed by atoms with Gasteiger partial charge in [-0.05, 0) is 45.1 Å². The van der Waals surface area contributed by atoms with Gasteiger partial charge in [-0.25, -0.2) is 0 Å². The van der Waals surface area contributed by atoms with Gasteiger partial charge in [0.2, 0.25) is 0 Å². The molecule has 0 radical (unpaired) electrons. The maximum atomic E-state index is 11.3. The first-order valence-corrected chi connectivity index (χ1v) is 10.4. The van der Waals surface area contributed by atoms with E-state index in [1.807, 2.05) is 0 Å². The quantitative estimate of drug-likeness (QED) is 0.347. The minimum Gasteiger partial charge on any atom is -0.389 e. The third kappa shape index (κ3) is 5.32. The minimum absolute atomic E-state index is 0.0940. The number of hydrogen-bond acceptors (Lipinski definition) is 3. The molecule has 3 nitrogen and oxygen atoms in total. The second-order valence-electron chi connectivity index (χ2n) is 8.46. The van der Waals surface area contributed by atoms with E-state index >= 15 is 0 Å². The van der Waals surface area contributed by atoms with E-state index in [-0.39, 0.29) is 16.9 Å². The van der Waals surface area contributed by atoms with Gasteiger partial charge < -0.3 is 10.1 Å². The Hall–Kier alpha value is -0.830. The van der Waals surface area contributed by atoms with E-state index < -0.39 is 0 Å². The fourth-order valence-corrected chi connectivity index (χ4v) is 4.40. The smallest absolute Gasteiger partial charge is 0.123 e. The molecule has 0 spiro atoms. The average molecular weight is 351 g/mol. The van der Waals surface area contributed by atoms with Crippen LogP contribution in [0, 0.1) is 11.3 Å². The van der Waals surface area contributed by atoms with Crippen molar-refractivity contribution in [1.29, 1.82) is 0 Å². The normalized spacial score (nSPS) is 28.6. The summed E-state index contributed by atoms with van der Waals surface area (Å²) in [5, 5.41) is 3.49. The number of carbonyl (C=O) groups is 1. The van der Waals surface area contributed by atoms with Crippen LogP contribution in [0.5, 0.6) is 0 Å². The zero-order valence-corrected chi connectivity index (χ0v) is 17.5. The van der Waals surface area contributed by atoms with Crippen molar-refractivity contribution in [3.63, 3.8) is 0 Å². The van der Waals surface area contributed by atoms with E-state index in [4.69, 9.17) is 0 Å². The summed E-state index contributed by atoms with van der Waals surface area (Å²) in [5.41, 5.74) is 1.36. The largest absolute Gasteiger partial charge is 0.389 e. The van der Waals surface area contributed by atoms with E-state index in [1.165, 1.54) is 44.8 Å². The predicted octanol–water partition coefficient (Wildman–Crippen LogP) is 5.17. The molecule has 1 aliphatic rings. The standard InChI is InChI=1S/C22H42N2O/c1-7-9-10-11-12-13-15-23-19(3)14-16-24(6)22(5)17-20(18-25)21(22,4)8-2/h18,20,23H,3,7-17H2,1-2,4-6H3. The topological polar surface area (TPSA) is 32.3 Å². The highest BCUT2D eigenvalue weighted by atomic mass is 16.1. The van der Waals surface area contributed by atoms with Gasteiger partial charge >= 0.3 is 0 Å². The third-order valence-electron chi connectivity index (χ3n) is 7.06. The molecule has 146 valence electrons. The molecule has 3 heteroatoms. The zero-order valence-electron chi connectivity index (χ0n) is 17.5. The van der Waals surface area contributed by atoms with Crippen LogP contribution in [0.2, 0.25) is 0 Å². The maximum absolute atomic E-state index is 11.3. The highest BCUT2D eigenvalue weighted by Gasteiger charge is 2.60. The van der Waals surface area contributed by atoms with Gasteiger partial charge in [-0.1, -0.05) is 59.5 Å². The molecule has 0 aliphatic heterocycles. The fourth-order valence-electron chi connectivity index (χ4n) is 4.40. The van der Waals surface area contributed by atoms with Gasteiger partial charge in [0.1, 0.15) is 6.29 Å². The Morgan fingerprint density at radius 3 is 2.44 bits per heavy atom. The molecular formula is C22H42N2O. The molecule has 0 bridgehead atoms. The average Bonchev–Trinajstić information content (AvgIpc) is 2.61. The van der Waals surface area contributed by atoms with Crippen LogP contribution in [0.15, 0.2) is 12.3 Å². The molecule has 3 unspecified atom stereocenters. The van der Waals surface area contributed by atoms with Crippen LogP contribution in [0.4, 0.5) is 0 Å². The number of hydrogen-bond donors (Lipinski definition) is 1. The number of carbonyl (C=O) groups excluding carboxylic acids is 1. The minimum atomic E-state index is 0.0940. The van der Waals surface area contributed by atoms with Crippen LogP contribution >= 0.6 is 0 Å². The van der Waals surface area contributed by atoms with Crippen molar-refractivity contribution in [2.24, 2.45) is 11.3 Å². The van der Waals surface area contributed by atoms with E-state index in [9.17, 15) is 4.79 Å². The number of rotatable bonds is 14. The van der Waals surface area contributed by atoms with Crippen LogP contribution in [0.3, 0.4) is 0 Å². The molecule has 1 aliphatic carbocycles. The summed E-state index contributed by atoms with van der Waals surface area (Å²) in [7, 11) is 2.20. The summed E-state index contributed by atoms with van der Waals surface area (Å²) in [6.45, 7) is 15.3. The lowest BCUT2D eigenvalue weighted by atomic mass is 9.48. The monoisotopic (exact) mass is 350 g/mol. The number of nitrogens with one attached hydrogen (secondary N) is 1. The second kappa shape index (κ2) is 10.4. The van der Waals surface area contributed by atoms with Crippen LogP contribution in [0.1, 0.15) is 85.5 Å². The molecule has 0 aromatic rings. The van der Waals surface area contributed by atoms with Crippen molar-refractivity contribution in [2.45, 2.75) is 91.0 Å². The molecular weight excluding hydrogens is 308 g/mol. The molecule has 1 fully saturated rings. The summed E-state index contributed by atoms with van der Waals surface area (Å²) in [6, 6.07) is 0. The Morgan fingerprint density at radius 1 is 1.20 bits per heavy atom. The summed E-state index contributed by atoms with van der Waals surface area (Å²) in [6.07, 6.45) is 12.1. The Bertz CT molecular complexity index is 422.